The van der Waals surface area contributed by atoms with Crippen molar-refractivity contribution in [1.82, 2.24) is 20.0 Å². The summed E-state index contributed by atoms with van der Waals surface area (Å²) in [6.07, 6.45) is 0.0654. The van der Waals surface area contributed by atoms with Crippen LogP contribution in [0.2, 0.25) is 0 Å². The molecule has 41 heavy (non-hydrogen) atoms. The average molecular weight is 582 g/mol. The summed E-state index contributed by atoms with van der Waals surface area (Å²) in [6.45, 7) is 3.66. The maximum absolute atomic E-state index is 15.1. The third kappa shape index (κ3) is 4.61. The molecule has 2 N–H and O–H groups in total. The second-order valence-electron chi connectivity index (χ2n) is 9.97. The van der Waals surface area contributed by atoms with Gasteiger partial charge in [-0.25, -0.2) is 18.2 Å². The minimum absolute atomic E-state index is 0.0971. The van der Waals surface area contributed by atoms with Crippen LogP contribution in [0, 0.1) is 31.3 Å². The number of halogens is 3. The summed E-state index contributed by atoms with van der Waals surface area (Å²) in [6, 6.07) is 9.64. The number of amides is 1. The van der Waals surface area contributed by atoms with Gasteiger partial charge >= 0.3 is 0 Å². The van der Waals surface area contributed by atoms with Crippen molar-refractivity contribution in [3.8, 4) is 16.1 Å². The van der Waals surface area contributed by atoms with Gasteiger partial charge in [0.05, 0.1) is 27.6 Å². The lowest BCUT2D eigenvalue weighted by Gasteiger charge is -2.35. The number of hydrogen-bond donors (Lipinski definition) is 2. The number of piperidine rings is 1. The lowest BCUT2D eigenvalue weighted by Crippen LogP contribution is -2.39. The third-order valence-corrected chi connectivity index (χ3v) is 8.52. The number of rotatable bonds is 6. The molecule has 0 aliphatic carbocycles. The zero-order valence-electron chi connectivity index (χ0n) is 22.4. The van der Waals surface area contributed by atoms with Gasteiger partial charge in [0.1, 0.15) is 28.6 Å². The van der Waals surface area contributed by atoms with Crippen molar-refractivity contribution in [2.24, 2.45) is 0 Å². The summed E-state index contributed by atoms with van der Waals surface area (Å²) in [5.41, 5.74) is 3.80. The number of aryl methyl sites for hydroxylation is 2. The van der Waals surface area contributed by atoms with E-state index in [1.807, 2.05) is 32.0 Å². The first-order chi connectivity index (χ1) is 19.7. The standard InChI is InChI=1S/C29H26F3N5O3S/c1-14-26(15(2)40-35-14)16-7-10-22-21(11-16)34-28(37(22)25-13-20(32)27(41-25)29(39)33-3)23-5-4-6-24(38)36(23)17-8-9-18(30)19(31)12-17/h7-13,23,29,33,39H,4-6H2,1-3H3/t23-,29?/m0/s1. The summed E-state index contributed by atoms with van der Waals surface area (Å²) in [5.74, 6) is -1.85. The molecule has 1 amide bonds. The van der Waals surface area contributed by atoms with Crippen molar-refractivity contribution in [2.75, 3.05) is 11.9 Å². The highest BCUT2D eigenvalue weighted by Gasteiger charge is 2.35. The van der Waals surface area contributed by atoms with Crippen LogP contribution in [0.5, 0.6) is 0 Å². The van der Waals surface area contributed by atoms with Gasteiger partial charge in [0.15, 0.2) is 11.6 Å². The van der Waals surface area contributed by atoms with E-state index in [1.54, 1.807) is 4.57 Å². The van der Waals surface area contributed by atoms with Crippen molar-refractivity contribution >= 4 is 34.0 Å². The SMILES string of the molecule is CNC(O)c1sc(-n2c([C@@H]3CCCC(=O)N3c3ccc(F)c(F)c3)nc3cc(-c4c(C)noc4C)ccc32)cc1F. The molecule has 2 atom stereocenters. The predicted molar refractivity (Wildman–Crippen MR) is 148 cm³/mol. The van der Waals surface area contributed by atoms with Gasteiger partial charge in [-0.15, -0.1) is 11.3 Å². The molecule has 1 unspecified atom stereocenters. The van der Waals surface area contributed by atoms with Crippen LogP contribution in [0.25, 0.3) is 27.2 Å². The number of carbonyl (C=O) groups excluding carboxylic acids is 1. The molecule has 212 valence electrons. The molecule has 6 rings (SSSR count). The van der Waals surface area contributed by atoms with E-state index in [0.29, 0.717) is 40.5 Å². The molecule has 1 saturated heterocycles. The number of nitrogens with one attached hydrogen (secondary N) is 1. The van der Waals surface area contributed by atoms with Crippen LogP contribution in [0.1, 0.15) is 53.7 Å². The van der Waals surface area contributed by atoms with Gasteiger partial charge in [0.25, 0.3) is 0 Å². The Bertz CT molecular complexity index is 1780. The van der Waals surface area contributed by atoms with E-state index < -0.39 is 29.7 Å². The largest absolute Gasteiger partial charge is 0.373 e. The third-order valence-electron chi connectivity index (χ3n) is 7.37. The van der Waals surface area contributed by atoms with E-state index in [1.165, 1.54) is 24.1 Å². The minimum Gasteiger partial charge on any atom is -0.373 e. The fourth-order valence-corrected chi connectivity index (χ4v) is 6.53. The summed E-state index contributed by atoms with van der Waals surface area (Å²) in [5, 5.41) is 17.5. The normalized spacial score (nSPS) is 16.6. The first-order valence-electron chi connectivity index (χ1n) is 13.1. The molecule has 0 spiro atoms. The second kappa shape index (κ2) is 10.4. The second-order valence-corrected chi connectivity index (χ2v) is 11.0. The number of aliphatic hydroxyl groups is 1. The van der Waals surface area contributed by atoms with E-state index in [-0.39, 0.29) is 22.9 Å². The number of hydrogen-bond acceptors (Lipinski definition) is 7. The lowest BCUT2D eigenvalue weighted by atomic mass is 9.99. The van der Waals surface area contributed by atoms with Crippen LogP contribution in [0.3, 0.4) is 0 Å². The molecule has 5 aromatic rings. The van der Waals surface area contributed by atoms with Crippen LogP contribution in [0.15, 0.2) is 47.0 Å². The number of nitrogens with zero attached hydrogens (tertiary/aromatic N) is 4. The van der Waals surface area contributed by atoms with Crippen LogP contribution in [-0.4, -0.2) is 32.8 Å². The van der Waals surface area contributed by atoms with Gasteiger partial charge in [-0.3, -0.25) is 14.7 Å². The quantitative estimate of drug-likeness (QED) is 0.230. The van der Waals surface area contributed by atoms with Crippen LogP contribution in [0.4, 0.5) is 18.9 Å². The fourth-order valence-electron chi connectivity index (χ4n) is 5.48. The Morgan fingerprint density at radius 3 is 2.61 bits per heavy atom. The molecule has 3 aromatic heterocycles. The monoisotopic (exact) mass is 581 g/mol. The summed E-state index contributed by atoms with van der Waals surface area (Å²) >= 11 is 1.05. The number of anilines is 1. The zero-order chi connectivity index (χ0) is 29.0. The Labute approximate surface area is 237 Å². The molecule has 2 aromatic carbocycles. The summed E-state index contributed by atoms with van der Waals surface area (Å²) < 4.78 is 50.2. The molecule has 1 aliphatic heterocycles. The highest BCUT2D eigenvalue weighted by molar-refractivity contribution is 7.14. The van der Waals surface area contributed by atoms with E-state index in [0.717, 1.165) is 40.3 Å². The van der Waals surface area contributed by atoms with Crippen molar-refractivity contribution in [3.63, 3.8) is 0 Å². The number of benzene rings is 2. The molecule has 0 bridgehead atoms. The van der Waals surface area contributed by atoms with Gasteiger partial charge in [-0.2, -0.15) is 0 Å². The zero-order valence-corrected chi connectivity index (χ0v) is 23.2. The molecule has 0 saturated carbocycles. The van der Waals surface area contributed by atoms with E-state index >= 15 is 4.39 Å². The molecular weight excluding hydrogens is 555 g/mol. The molecular formula is C29H26F3N5O3S. The highest BCUT2D eigenvalue weighted by atomic mass is 32.1. The van der Waals surface area contributed by atoms with Gasteiger partial charge in [0, 0.05) is 29.8 Å². The Balaban J connectivity index is 1.58. The van der Waals surface area contributed by atoms with Gasteiger partial charge < -0.3 is 14.5 Å². The van der Waals surface area contributed by atoms with Crippen molar-refractivity contribution in [3.05, 3.63) is 82.1 Å². The van der Waals surface area contributed by atoms with Crippen molar-refractivity contribution in [2.45, 2.75) is 45.4 Å². The molecule has 8 nitrogen and oxygen atoms in total. The van der Waals surface area contributed by atoms with Crippen LogP contribution < -0.4 is 10.2 Å². The number of aromatic nitrogens is 3. The Morgan fingerprint density at radius 1 is 1.10 bits per heavy atom. The molecule has 4 heterocycles. The van der Waals surface area contributed by atoms with Gasteiger partial charge in [0.2, 0.25) is 5.91 Å². The molecule has 12 heteroatoms. The maximum Gasteiger partial charge on any atom is 0.227 e. The molecule has 1 fully saturated rings. The van der Waals surface area contributed by atoms with Crippen molar-refractivity contribution in [1.29, 1.82) is 0 Å². The minimum atomic E-state index is -1.21. The molecule has 0 radical (unpaired) electrons. The molecule has 1 aliphatic rings. The Hall–Kier alpha value is -4.00. The lowest BCUT2D eigenvalue weighted by molar-refractivity contribution is -0.120. The first kappa shape index (κ1) is 27.2. The van der Waals surface area contributed by atoms with E-state index in [9.17, 15) is 18.7 Å². The van der Waals surface area contributed by atoms with Crippen LogP contribution in [-0.2, 0) is 4.79 Å². The number of imidazole rings is 1. The average Bonchev–Trinajstić information content (AvgIpc) is 3.63. The predicted octanol–water partition coefficient (Wildman–Crippen LogP) is 6.24. The maximum atomic E-state index is 15.1. The number of thiophene rings is 1. The summed E-state index contributed by atoms with van der Waals surface area (Å²) in [4.78, 5) is 19.8. The Morgan fingerprint density at radius 2 is 1.90 bits per heavy atom. The van der Waals surface area contributed by atoms with E-state index in [2.05, 4.69) is 10.5 Å². The topological polar surface area (TPSA) is 96.4 Å². The Kier molecular flexibility index (Phi) is 6.92. The van der Waals surface area contributed by atoms with Gasteiger partial charge in [-0.05, 0) is 63.6 Å². The number of fused-ring (bicyclic) bond motifs is 1. The van der Waals surface area contributed by atoms with Crippen molar-refractivity contribution < 1.29 is 27.6 Å². The highest BCUT2D eigenvalue weighted by Crippen LogP contribution is 2.41. The first-order valence-corrected chi connectivity index (χ1v) is 13.9. The van der Waals surface area contributed by atoms with Crippen LogP contribution >= 0.6 is 11.3 Å². The number of aliphatic hydroxyl groups excluding tert-OH is 1. The summed E-state index contributed by atoms with van der Waals surface area (Å²) in [7, 11) is 1.52. The van der Waals surface area contributed by atoms with E-state index in [4.69, 9.17) is 9.51 Å². The number of carbonyl (C=O) groups is 1. The fraction of sp³-hybridized carbons (Fsp3) is 0.276. The smallest absolute Gasteiger partial charge is 0.227 e. The van der Waals surface area contributed by atoms with Gasteiger partial charge in [-0.1, -0.05) is 11.2 Å².